The Balaban J connectivity index is 2.31. The van der Waals surface area contributed by atoms with Crippen LogP contribution < -0.4 is 5.23 Å². The van der Waals surface area contributed by atoms with Crippen molar-refractivity contribution in [1.29, 1.82) is 0 Å². The molecule has 0 aromatic carbocycles. The molecule has 0 amide bonds. The molecule has 0 bridgehead atoms. The van der Waals surface area contributed by atoms with Crippen LogP contribution in [0.4, 0.5) is 0 Å². The van der Waals surface area contributed by atoms with E-state index in [9.17, 15) is 5.21 Å². The lowest BCUT2D eigenvalue weighted by atomic mass is 9.95. The number of hydroxylamine groups is 2. The molecule has 0 aromatic heterocycles. The van der Waals surface area contributed by atoms with Gasteiger partial charge in [0.05, 0.1) is 0 Å². The van der Waals surface area contributed by atoms with Gasteiger partial charge in [0.25, 0.3) is 0 Å². The summed E-state index contributed by atoms with van der Waals surface area (Å²) in [5.74, 6) is 1.30. The van der Waals surface area contributed by atoms with Crippen molar-refractivity contribution in [2.75, 3.05) is 0 Å². The fraction of sp³-hybridized carbons (Fsp3) is 1.00. The second kappa shape index (κ2) is 5.45. The van der Waals surface area contributed by atoms with Crippen LogP contribution in [0.5, 0.6) is 0 Å². The number of rotatable bonds is 6. The van der Waals surface area contributed by atoms with Crippen LogP contribution in [0.15, 0.2) is 0 Å². The lowest BCUT2D eigenvalue weighted by Gasteiger charge is -2.28. The summed E-state index contributed by atoms with van der Waals surface area (Å²) in [6, 6.07) is -0.0563. The number of ether oxygens (including phenoxy) is 1. The maximum absolute atomic E-state index is 11.7. The maximum Gasteiger partial charge on any atom is 0.243 e. The Labute approximate surface area is 98.4 Å². The summed E-state index contributed by atoms with van der Waals surface area (Å²) in [6.07, 6.45) is -0.200. The summed E-state index contributed by atoms with van der Waals surface area (Å²) in [4.78, 5) is 5.31. The van der Waals surface area contributed by atoms with Gasteiger partial charge in [0, 0.05) is 5.92 Å². The molecule has 96 valence electrons. The van der Waals surface area contributed by atoms with Crippen LogP contribution >= 0.6 is 0 Å². The van der Waals surface area contributed by atoms with Crippen molar-refractivity contribution in [1.82, 2.24) is 0 Å². The molecule has 1 saturated heterocycles. The molecule has 16 heavy (non-hydrogen) atoms. The molecule has 0 aromatic rings. The molecule has 0 spiro atoms. The molecule has 0 aliphatic carbocycles. The summed E-state index contributed by atoms with van der Waals surface area (Å²) >= 11 is 0. The zero-order chi connectivity index (χ0) is 12.5. The minimum atomic E-state index is -0.300. The van der Waals surface area contributed by atoms with Crippen molar-refractivity contribution in [2.24, 2.45) is 17.8 Å². The van der Waals surface area contributed by atoms with Crippen molar-refractivity contribution in [3.05, 3.63) is 5.21 Å². The lowest BCUT2D eigenvalue weighted by molar-refractivity contribution is -1.08. The van der Waals surface area contributed by atoms with Crippen LogP contribution in [0.2, 0.25) is 0 Å². The molecule has 4 heteroatoms. The molecular formula is C12H25NO3. The third-order valence-corrected chi connectivity index (χ3v) is 3.66. The van der Waals surface area contributed by atoms with Gasteiger partial charge in [-0.3, -0.25) is 0 Å². The van der Waals surface area contributed by atoms with E-state index >= 15 is 0 Å². The molecule has 4 nitrogen and oxygen atoms in total. The van der Waals surface area contributed by atoms with Crippen molar-refractivity contribution >= 4 is 0 Å². The molecule has 1 aliphatic rings. The van der Waals surface area contributed by atoms with Gasteiger partial charge in [-0.2, -0.15) is 4.84 Å². The molecule has 5 atom stereocenters. The Morgan fingerprint density at radius 3 is 2.06 bits per heavy atom. The third-order valence-electron chi connectivity index (χ3n) is 3.66. The molecule has 1 aliphatic heterocycles. The summed E-state index contributed by atoms with van der Waals surface area (Å²) < 4.78 is 5.40. The standard InChI is InChI=1S/C12H25NO3/c1-7(2)9(5)11-12(15-11)16-13(14)10(6)8(3)4/h7-13H,1-6H3/t9?,10?,11?,12-/m0/s1. The molecular weight excluding hydrogens is 206 g/mol. The van der Waals surface area contributed by atoms with Crippen LogP contribution in [-0.2, 0) is 9.57 Å². The van der Waals surface area contributed by atoms with Gasteiger partial charge >= 0.3 is 0 Å². The van der Waals surface area contributed by atoms with Gasteiger partial charge in [0.2, 0.25) is 6.29 Å². The van der Waals surface area contributed by atoms with Crippen LogP contribution in [-0.4, -0.2) is 18.4 Å². The largest absolute Gasteiger partial charge is 0.600 e. The first-order valence-electron chi connectivity index (χ1n) is 6.20. The van der Waals surface area contributed by atoms with Gasteiger partial charge in [-0.15, -0.1) is 0 Å². The quantitative estimate of drug-likeness (QED) is 0.555. The van der Waals surface area contributed by atoms with Gasteiger partial charge in [0.15, 0.2) is 0 Å². The SMILES string of the molecule is CC(C)C(C)C1O[C@H]1O[NH+]([O-])C(C)C(C)C. The third kappa shape index (κ3) is 3.42. The van der Waals surface area contributed by atoms with E-state index in [0.29, 0.717) is 17.8 Å². The van der Waals surface area contributed by atoms with Gasteiger partial charge in [0.1, 0.15) is 12.1 Å². The van der Waals surface area contributed by atoms with Gasteiger partial charge in [-0.05, 0) is 18.8 Å². The molecule has 4 unspecified atom stereocenters. The van der Waals surface area contributed by atoms with E-state index in [1.807, 2.05) is 20.8 Å². The highest BCUT2D eigenvalue weighted by Gasteiger charge is 2.48. The minimum Gasteiger partial charge on any atom is -0.600 e. The van der Waals surface area contributed by atoms with Crippen LogP contribution in [0, 0.1) is 23.0 Å². The van der Waals surface area contributed by atoms with Gasteiger partial charge in [-0.25, -0.2) is 5.23 Å². The van der Waals surface area contributed by atoms with E-state index < -0.39 is 0 Å². The normalized spacial score (nSPS) is 30.6. The Bertz CT molecular complexity index is 220. The molecule has 1 fully saturated rings. The van der Waals surface area contributed by atoms with Crippen LogP contribution in [0.1, 0.15) is 41.5 Å². The molecule has 0 radical (unpaired) electrons. The zero-order valence-electron chi connectivity index (χ0n) is 11.2. The first-order chi connectivity index (χ1) is 7.34. The highest BCUT2D eigenvalue weighted by atomic mass is 17.0. The smallest absolute Gasteiger partial charge is 0.243 e. The number of nitrogens with one attached hydrogen (secondary N) is 1. The zero-order valence-corrected chi connectivity index (χ0v) is 11.2. The summed E-state index contributed by atoms with van der Waals surface area (Å²) in [5.41, 5.74) is 0. The average Bonchev–Trinajstić information content (AvgIpc) is 2.94. The lowest BCUT2D eigenvalue weighted by Crippen LogP contribution is -3.11. The second-order valence-electron chi connectivity index (χ2n) is 5.54. The maximum atomic E-state index is 11.7. The highest BCUT2D eigenvalue weighted by molar-refractivity contribution is 4.82. The molecule has 1 heterocycles. The predicted octanol–water partition coefficient (Wildman–Crippen LogP) is 1.36. The number of hydrogen-bond donors (Lipinski definition) is 1. The van der Waals surface area contributed by atoms with Crippen molar-refractivity contribution in [2.45, 2.75) is 60.0 Å². The topological polar surface area (TPSA) is 49.3 Å². The summed E-state index contributed by atoms with van der Waals surface area (Å²) in [5, 5.41) is 11.5. The van der Waals surface area contributed by atoms with E-state index in [4.69, 9.17) is 9.57 Å². The van der Waals surface area contributed by atoms with E-state index in [0.717, 1.165) is 0 Å². The average molecular weight is 231 g/mol. The Morgan fingerprint density at radius 2 is 1.62 bits per heavy atom. The fourth-order valence-electron chi connectivity index (χ4n) is 1.45. The first kappa shape index (κ1) is 13.9. The Hall–Kier alpha value is -0.160. The van der Waals surface area contributed by atoms with Gasteiger partial charge < -0.3 is 9.94 Å². The van der Waals surface area contributed by atoms with Crippen molar-refractivity contribution < 1.29 is 14.8 Å². The van der Waals surface area contributed by atoms with Crippen molar-refractivity contribution in [3.8, 4) is 0 Å². The second-order valence-corrected chi connectivity index (χ2v) is 5.54. The molecule has 0 saturated carbocycles. The summed E-state index contributed by atoms with van der Waals surface area (Å²) in [6.45, 7) is 12.4. The minimum absolute atomic E-state index is 0.0563. The number of hydrogen-bond acceptors (Lipinski definition) is 3. The fourth-order valence-corrected chi connectivity index (χ4v) is 1.45. The van der Waals surface area contributed by atoms with E-state index in [2.05, 4.69) is 20.8 Å². The first-order valence-corrected chi connectivity index (χ1v) is 6.20. The Morgan fingerprint density at radius 1 is 1.06 bits per heavy atom. The number of epoxide rings is 1. The van der Waals surface area contributed by atoms with E-state index in [1.54, 1.807) is 0 Å². The van der Waals surface area contributed by atoms with Crippen LogP contribution in [0.25, 0.3) is 0 Å². The van der Waals surface area contributed by atoms with Crippen LogP contribution in [0.3, 0.4) is 0 Å². The molecule has 1 rings (SSSR count). The highest BCUT2D eigenvalue weighted by Crippen LogP contribution is 2.33. The Kier molecular flexibility index (Phi) is 4.73. The molecule has 1 N–H and O–H groups in total. The van der Waals surface area contributed by atoms with Gasteiger partial charge in [-0.1, -0.05) is 34.6 Å². The number of quaternary nitrogens is 1. The van der Waals surface area contributed by atoms with E-state index in [1.165, 1.54) is 0 Å². The van der Waals surface area contributed by atoms with E-state index in [-0.39, 0.29) is 23.7 Å². The predicted molar refractivity (Wildman–Crippen MR) is 62.4 cm³/mol. The van der Waals surface area contributed by atoms with Crippen molar-refractivity contribution in [3.63, 3.8) is 0 Å². The summed E-state index contributed by atoms with van der Waals surface area (Å²) in [7, 11) is 0. The monoisotopic (exact) mass is 231 g/mol.